The maximum atomic E-state index is 11.2. The number of rotatable bonds is 2. The standard InChI is InChI=1S/C14H10Cl2O/c1-9(17)11-3-2-10(6-11)7-12-4-5-13(15)8-14(12)16/h2-8H,1H3/b10-7-. The highest BCUT2D eigenvalue weighted by Crippen LogP contribution is 2.25. The van der Waals surface area contributed by atoms with Crippen LogP contribution < -0.4 is 0 Å². The number of halogens is 2. The number of hydrogen-bond acceptors (Lipinski definition) is 1. The van der Waals surface area contributed by atoms with Crippen molar-refractivity contribution in [3.05, 3.63) is 63.2 Å². The van der Waals surface area contributed by atoms with Crippen molar-refractivity contribution in [3.8, 4) is 0 Å². The molecule has 2 rings (SSSR count). The first-order valence-corrected chi connectivity index (χ1v) is 5.89. The number of allylic oxidation sites excluding steroid dienone is 5. The smallest absolute Gasteiger partial charge is 0.159 e. The van der Waals surface area contributed by atoms with Gasteiger partial charge in [0.05, 0.1) is 0 Å². The first-order chi connectivity index (χ1) is 8.06. The lowest BCUT2D eigenvalue weighted by molar-refractivity contribution is -0.113. The molecule has 0 amide bonds. The van der Waals surface area contributed by atoms with Crippen molar-refractivity contribution in [1.29, 1.82) is 0 Å². The number of carbonyl (C=O) groups is 1. The van der Waals surface area contributed by atoms with Crippen LogP contribution in [0.5, 0.6) is 0 Å². The van der Waals surface area contributed by atoms with Gasteiger partial charge in [-0.25, -0.2) is 0 Å². The van der Waals surface area contributed by atoms with Crippen molar-refractivity contribution in [2.45, 2.75) is 6.92 Å². The molecule has 1 aliphatic rings. The van der Waals surface area contributed by atoms with Gasteiger partial charge in [-0.3, -0.25) is 4.79 Å². The molecule has 0 unspecified atom stereocenters. The van der Waals surface area contributed by atoms with Crippen LogP contribution >= 0.6 is 23.2 Å². The Bertz CT molecular complexity index is 566. The van der Waals surface area contributed by atoms with Gasteiger partial charge in [-0.15, -0.1) is 0 Å². The second-order valence-electron chi connectivity index (χ2n) is 3.80. The van der Waals surface area contributed by atoms with Crippen molar-refractivity contribution in [2.24, 2.45) is 0 Å². The second-order valence-corrected chi connectivity index (χ2v) is 4.64. The van der Waals surface area contributed by atoms with E-state index in [0.717, 1.165) is 11.1 Å². The van der Waals surface area contributed by atoms with Gasteiger partial charge in [-0.05, 0) is 42.3 Å². The minimum absolute atomic E-state index is 0.0619. The fourth-order valence-electron chi connectivity index (χ4n) is 1.57. The van der Waals surface area contributed by atoms with Crippen LogP contribution in [-0.4, -0.2) is 5.78 Å². The van der Waals surface area contributed by atoms with Crippen LogP contribution in [0, 0.1) is 0 Å². The molecular formula is C14H10Cl2O. The average molecular weight is 265 g/mol. The quantitative estimate of drug-likeness (QED) is 0.771. The zero-order valence-corrected chi connectivity index (χ0v) is 10.7. The first-order valence-electron chi connectivity index (χ1n) is 5.14. The summed E-state index contributed by atoms with van der Waals surface area (Å²) in [5, 5.41) is 1.21. The highest BCUT2D eigenvalue weighted by molar-refractivity contribution is 6.35. The SMILES string of the molecule is CC(=O)C1=C/C(=C\c2ccc(Cl)cc2Cl)C=C1. The maximum absolute atomic E-state index is 11.2. The molecule has 0 atom stereocenters. The fraction of sp³-hybridized carbons (Fsp3) is 0.0714. The van der Waals surface area contributed by atoms with E-state index >= 15 is 0 Å². The zero-order valence-electron chi connectivity index (χ0n) is 9.21. The number of benzene rings is 1. The molecule has 0 bridgehead atoms. The second kappa shape index (κ2) is 4.91. The van der Waals surface area contributed by atoms with Gasteiger partial charge in [0.1, 0.15) is 0 Å². The summed E-state index contributed by atoms with van der Waals surface area (Å²) in [6.45, 7) is 1.55. The molecule has 1 aromatic rings. The molecule has 86 valence electrons. The third-order valence-corrected chi connectivity index (χ3v) is 3.03. The lowest BCUT2D eigenvalue weighted by Crippen LogP contribution is -1.89. The normalized spacial score (nSPS) is 16.4. The average Bonchev–Trinajstić information content (AvgIpc) is 2.71. The van der Waals surface area contributed by atoms with Gasteiger partial charge in [-0.2, -0.15) is 0 Å². The summed E-state index contributed by atoms with van der Waals surface area (Å²) >= 11 is 11.9. The molecule has 3 heteroatoms. The number of ketones is 1. The summed E-state index contributed by atoms with van der Waals surface area (Å²) in [4.78, 5) is 11.2. The minimum Gasteiger partial charge on any atom is -0.295 e. The summed E-state index contributed by atoms with van der Waals surface area (Å²) in [6, 6.07) is 5.34. The molecule has 0 N–H and O–H groups in total. The van der Waals surface area contributed by atoms with Gasteiger partial charge in [0.2, 0.25) is 0 Å². The molecular weight excluding hydrogens is 255 g/mol. The summed E-state index contributed by atoms with van der Waals surface area (Å²) < 4.78 is 0. The Morgan fingerprint density at radius 1 is 1.24 bits per heavy atom. The minimum atomic E-state index is 0.0619. The van der Waals surface area contributed by atoms with E-state index in [1.165, 1.54) is 0 Å². The molecule has 0 spiro atoms. The van der Waals surface area contributed by atoms with Crippen LogP contribution in [0.2, 0.25) is 10.0 Å². The lowest BCUT2D eigenvalue weighted by atomic mass is 10.1. The highest BCUT2D eigenvalue weighted by Gasteiger charge is 2.07. The van der Waals surface area contributed by atoms with Crippen molar-refractivity contribution < 1.29 is 4.79 Å². The first kappa shape index (κ1) is 12.2. The molecule has 0 saturated heterocycles. The third-order valence-electron chi connectivity index (χ3n) is 2.47. The molecule has 1 aromatic carbocycles. The van der Waals surface area contributed by atoms with Gasteiger partial charge < -0.3 is 0 Å². The van der Waals surface area contributed by atoms with Gasteiger partial charge in [0, 0.05) is 15.6 Å². The molecule has 1 aliphatic carbocycles. The molecule has 0 radical (unpaired) electrons. The van der Waals surface area contributed by atoms with Crippen LogP contribution in [0.25, 0.3) is 6.08 Å². The number of Topliss-reactive ketones (excluding diaryl/α,β-unsaturated/α-hetero) is 1. The van der Waals surface area contributed by atoms with E-state index in [-0.39, 0.29) is 5.78 Å². The van der Waals surface area contributed by atoms with Crippen LogP contribution in [0.4, 0.5) is 0 Å². The number of carbonyl (C=O) groups excluding carboxylic acids is 1. The molecule has 0 heterocycles. The van der Waals surface area contributed by atoms with Gasteiger partial charge in [-0.1, -0.05) is 41.4 Å². The van der Waals surface area contributed by atoms with Crippen LogP contribution in [0.3, 0.4) is 0 Å². The van der Waals surface area contributed by atoms with Gasteiger partial charge >= 0.3 is 0 Å². The molecule has 0 aliphatic heterocycles. The van der Waals surface area contributed by atoms with Crippen molar-refractivity contribution in [3.63, 3.8) is 0 Å². The van der Waals surface area contributed by atoms with Crippen molar-refractivity contribution >= 4 is 35.1 Å². The Balaban J connectivity index is 2.33. The maximum Gasteiger partial charge on any atom is 0.159 e. The predicted octanol–water partition coefficient (Wildman–Crippen LogP) is 4.46. The van der Waals surface area contributed by atoms with E-state index in [4.69, 9.17) is 23.2 Å². The molecule has 0 saturated carbocycles. The molecule has 17 heavy (non-hydrogen) atoms. The van der Waals surface area contributed by atoms with Gasteiger partial charge in [0.25, 0.3) is 0 Å². The molecule has 0 aromatic heterocycles. The third kappa shape index (κ3) is 2.87. The Morgan fingerprint density at radius 3 is 2.59 bits per heavy atom. The largest absolute Gasteiger partial charge is 0.295 e. The molecule has 1 nitrogen and oxygen atoms in total. The Labute approximate surface area is 110 Å². The summed E-state index contributed by atoms with van der Waals surface area (Å²) in [6.07, 6.45) is 7.46. The highest BCUT2D eigenvalue weighted by atomic mass is 35.5. The predicted molar refractivity (Wildman–Crippen MR) is 72.3 cm³/mol. The van der Waals surface area contributed by atoms with E-state index in [0.29, 0.717) is 15.6 Å². The summed E-state index contributed by atoms with van der Waals surface area (Å²) in [7, 11) is 0. The summed E-state index contributed by atoms with van der Waals surface area (Å²) in [5.74, 6) is 0.0619. The van der Waals surface area contributed by atoms with Crippen molar-refractivity contribution in [2.75, 3.05) is 0 Å². The number of hydrogen-bond donors (Lipinski definition) is 0. The van der Waals surface area contributed by atoms with E-state index in [2.05, 4.69) is 0 Å². The van der Waals surface area contributed by atoms with E-state index in [9.17, 15) is 4.79 Å². The summed E-state index contributed by atoms with van der Waals surface area (Å²) in [5.41, 5.74) is 2.55. The zero-order chi connectivity index (χ0) is 12.4. The monoisotopic (exact) mass is 264 g/mol. The van der Waals surface area contributed by atoms with E-state index in [1.54, 1.807) is 25.1 Å². The Morgan fingerprint density at radius 2 is 2.00 bits per heavy atom. The van der Waals surface area contributed by atoms with Crippen LogP contribution in [0.15, 0.2) is 47.6 Å². The fourth-order valence-corrected chi connectivity index (χ4v) is 2.03. The Hall–Kier alpha value is -1.31. The van der Waals surface area contributed by atoms with Crippen LogP contribution in [0.1, 0.15) is 12.5 Å². The van der Waals surface area contributed by atoms with Crippen molar-refractivity contribution in [1.82, 2.24) is 0 Å². The van der Waals surface area contributed by atoms with E-state index < -0.39 is 0 Å². The van der Waals surface area contributed by atoms with E-state index in [1.807, 2.05) is 24.3 Å². The Kier molecular flexibility index (Phi) is 3.51. The van der Waals surface area contributed by atoms with Gasteiger partial charge in [0.15, 0.2) is 5.78 Å². The lowest BCUT2D eigenvalue weighted by Gasteiger charge is -1.99. The van der Waals surface area contributed by atoms with Crippen LogP contribution in [-0.2, 0) is 4.79 Å². The topological polar surface area (TPSA) is 17.1 Å². The molecule has 0 fully saturated rings.